The zero-order chi connectivity index (χ0) is 26.3. The van der Waals surface area contributed by atoms with Crippen molar-refractivity contribution in [2.24, 2.45) is 11.1 Å². The van der Waals surface area contributed by atoms with E-state index in [4.69, 9.17) is 5.73 Å². The number of nitrogens with zero attached hydrogens (tertiary/aromatic N) is 1. The molecule has 0 radical (unpaired) electrons. The lowest BCUT2D eigenvalue weighted by molar-refractivity contribution is -0.137. The molecule has 0 aliphatic carbocycles. The minimum Gasteiger partial charge on any atom is -0.398 e. The van der Waals surface area contributed by atoms with E-state index in [9.17, 15) is 31.5 Å². The highest BCUT2D eigenvalue weighted by molar-refractivity contribution is 6.02. The summed E-state index contributed by atoms with van der Waals surface area (Å²) < 4.78 is 66.9. The second-order valence-corrected chi connectivity index (χ2v) is 9.21. The predicted molar refractivity (Wildman–Crippen MR) is 119 cm³/mol. The number of aromatic amines is 1. The van der Waals surface area contributed by atoms with Gasteiger partial charge in [0.2, 0.25) is 0 Å². The van der Waals surface area contributed by atoms with Crippen LogP contribution in [0.25, 0.3) is 5.57 Å². The van der Waals surface area contributed by atoms with Crippen LogP contribution >= 0.6 is 0 Å². The van der Waals surface area contributed by atoms with Gasteiger partial charge in [-0.05, 0) is 38.1 Å². The normalized spacial score (nSPS) is 16.3. The maximum Gasteiger partial charge on any atom is 0.417 e. The summed E-state index contributed by atoms with van der Waals surface area (Å²) in [5.41, 5.74) is 4.15. The summed E-state index contributed by atoms with van der Waals surface area (Å²) in [4.78, 5) is 29.9. The van der Waals surface area contributed by atoms with Crippen molar-refractivity contribution in [3.8, 4) is 0 Å². The molecule has 0 spiro atoms. The van der Waals surface area contributed by atoms with Gasteiger partial charge in [-0.25, -0.2) is 8.78 Å². The van der Waals surface area contributed by atoms with Crippen LogP contribution < -0.4 is 11.1 Å². The number of carbonyl (C=O) groups is 2. The number of hydrogen-bond donors (Lipinski definition) is 3. The molecule has 1 aromatic carbocycles. The lowest BCUT2D eigenvalue weighted by Gasteiger charge is -2.31. The van der Waals surface area contributed by atoms with Crippen LogP contribution in [0.5, 0.6) is 0 Å². The van der Waals surface area contributed by atoms with Gasteiger partial charge in [-0.15, -0.1) is 0 Å². The summed E-state index contributed by atoms with van der Waals surface area (Å²) in [6.07, 6.45) is -2.64. The maximum absolute atomic E-state index is 13.8. The highest BCUT2D eigenvalue weighted by Gasteiger charge is 2.39. The number of amides is 2. The van der Waals surface area contributed by atoms with Gasteiger partial charge in [-0.1, -0.05) is 13.8 Å². The van der Waals surface area contributed by atoms with Gasteiger partial charge in [0.1, 0.15) is 0 Å². The van der Waals surface area contributed by atoms with Crippen molar-refractivity contribution < 1.29 is 31.5 Å². The number of H-pyrrole nitrogens is 1. The number of nitrogens with one attached hydrogen (secondary N) is 2. The fourth-order valence-corrected chi connectivity index (χ4v) is 3.93. The number of carbonyl (C=O) groups excluding carboxylic acids is 2. The van der Waals surface area contributed by atoms with Crippen molar-refractivity contribution in [1.29, 1.82) is 0 Å². The molecular weight excluding hydrogens is 471 g/mol. The van der Waals surface area contributed by atoms with E-state index in [2.05, 4.69) is 10.3 Å². The maximum atomic E-state index is 13.8. The molecule has 2 heterocycles. The summed E-state index contributed by atoms with van der Waals surface area (Å²) in [5.74, 6) is -3.76. The zero-order valence-corrected chi connectivity index (χ0v) is 19.5. The minimum absolute atomic E-state index is 0.0326. The Morgan fingerprint density at radius 3 is 2.34 bits per heavy atom. The van der Waals surface area contributed by atoms with Crippen LogP contribution in [0.1, 0.15) is 49.3 Å². The number of alkyl halides is 3. The van der Waals surface area contributed by atoms with Crippen molar-refractivity contribution in [3.63, 3.8) is 0 Å². The second kappa shape index (κ2) is 9.20. The molecule has 0 fully saturated rings. The second-order valence-electron chi connectivity index (χ2n) is 9.21. The lowest BCUT2D eigenvalue weighted by atomic mass is 9.80. The Labute approximate surface area is 198 Å². The molecule has 2 aromatic rings. The Balaban J connectivity index is 2.16. The van der Waals surface area contributed by atoms with Crippen molar-refractivity contribution in [3.05, 3.63) is 76.4 Å². The van der Waals surface area contributed by atoms with Gasteiger partial charge in [0.15, 0.2) is 11.6 Å². The molecule has 0 saturated heterocycles. The van der Waals surface area contributed by atoms with Gasteiger partial charge in [0.05, 0.1) is 16.8 Å². The molecule has 0 atom stereocenters. The molecule has 11 heteroatoms. The Hall–Kier alpha value is -3.63. The molecule has 4 N–H and O–H groups in total. The van der Waals surface area contributed by atoms with Gasteiger partial charge < -0.3 is 20.9 Å². The van der Waals surface area contributed by atoms with Gasteiger partial charge in [0.25, 0.3) is 11.8 Å². The summed E-state index contributed by atoms with van der Waals surface area (Å²) in [6.45, 7) is 6.56. The smallest absolute Gasteiger partial charge is 0.398 e. The molecule has 0 saturated carbocycles. The quantitative estimate of drug-likeness (QED) is 0.542. The summed E-state index contributed by atoms with van der Waals surface area (Å²) in [6, 6.07) is 3.20. The van der Waals surface area contributed by atoms with Crippen LogP contribution in [-0.4, -0.2) is 34.3 Å². The molecule has 1 aliphatic rings. The van der Waals surface area contributed by atoms with Crippen LogP contribution in [0.4, 0.5) is 22.0 Å². The number of hydrogen-bond acceptors (Lipinski definition) is 3. The largest absolute Gasteiger partial charge is 0.417 e. The lowest BCUT2D eigenvalue weighted by Crippen LogP contribution is -2.36. The SMILES string of the molecule is CC(C)NC(=O)C1=CN(C(=O)c2ccc(F)c(F)c2)CC(C)(C)C(c2cc(C(F)(F)F)c[nH]2)=C1N. The molecule has 2 amide bonds. The molecule has 188 valence electrons. The number of nitrogens with two attached hydrogens (primary N) is 1. The molecule has 3 rings (SSSR count). The fourth-order valence-electron chi connectivity index (χ4n) is 3.93. The van der Waals surface area contributed by atoms with Gasteiger partial charge in [-0.3, -0.25) is 9.59 Å². The van der Waals surface area contributed by atoms with Crippen molar-refractivity contribution in [1.82, 2.24) is 15.2 Å². The zero-order valence-electron chi connectivity index (χ0n) is 19.5. The minimum atomic E-state index is -4.61. The van der Waals surface area contributed by atoms with Crippen molar-refractivity contribution in [2.75, 3.05) is 6.54 Å². The standard InChI is InChI=1S/C24H25F5N4O2/c1-12(2)32-21(34)15-10-33(22(35)13-5-6-16(25)17(26)7-13)11-23(3,4)19(20(15)30)18-8-14(9-31-18)24(27,28)29/h5-10,12,31H,11,30H2,1-4H3,(H,32,34). The third-order valence-corrected chi connectivity index (χ3v) is 5.46. The molecule has 6 nitrogen and oxygen atoms in total. The van der Waals surface area contributed by atoms with E-state index in [-0.39, 0.29) is 40.7 Å². The average Bonchev–Trinajstić information content (AvgIpc) is 3.17. The van der Waals surface area contributed by atoms with E-state index in [0.29, 0.717) is 0 Å². The van der Waals surface area contributed by atoms with E-state index < -0.39 is 40.6 Å². The third kappa shape index (κ3) is 5.39. The van der Waals surface area contributed by atoms with E-state index in [0.717, 1.165) is 35.4 Å². The molecule has 0 bridgehead atoms. The van der Waals surface area contributed by atoms with Gasteiger partial charge >= 0.3 is 6.18 Å². The fraction of sp³-hybridized carbons (Fsp3) is 0.333. The summed E-state index contributed by atoms with van der Waals surface area (Å²) >= 11 is 0. The Morgan fingerprint density at radius 1 is 1.14 bits per heavy atom. The van der Waals surface area contributed by atoms with Crippen LogP contribution in [0.15, 0.2) is 47.9 Å². The molecular formula is C24H25F5N4O2. The van der Waals surface area contributed by atoms with Crippen LogP contribution in [-0.2, 0) is 11.0 Å². The summed E-state index contributed by atoms with van der Waals surface area (Å²) in [7, 11) is 0. The average molecular weight is 496 g/mol. The third-order valence-electron chi connectivity index (χ3n) is 5.46. The topological polar surface area (TPSA) is 91.2 Å². The first kappa shape index (κ1) is 26.0. The van der Waals surface area contributed by atoms with E-state index in [1.807, 2.05) is 0 Å². The predicted octanol–water partition coefficient (Wildman–Crippen LogP) is 4.57. The Bertz CT molecular complexity index is 1220. The van der Waals surface area contributed by atoms with E-state index in [1.54, 1.807) is 27.7 Å². The van der Waals surface area contributed by atoms with Crippen LogP contribution in [0, 0.1) is 17.0 Å². The van der Waals surface area contributed by atoms with Crippen molar-refractivity contribution in [2.45, 2.75) is 39.9 Å². The van der Waals surface area contributed by atoms with E-state index in [1.165, 1.54) is 6.20 Å². The number of rotatable bonds is 4. The van der Waals surface area contributed by atoms with Crippen LogP contribution in [0.2, 0.25) is 0 Å². The molecule has 35 heavy (non-hydrogen) atoms. The molecule has 1 aromatic heterocycles. The number of halogens is 5. The number of aromatic nitrogens is 1. The first-order valence-corrected chi connectivity index (χ1v) is 10.7. The monoisotopic (exact) mass is 496 g/mol. The number of benzene rings is 1. The van der Waals surface area contributed by atoms with E-state index >= 15 is 0 Å². The highest BCUT2D eigenvalue weighted by Crippen LogP contribution is 2.42. The first-order valence-electron chi connectivity index (χ1n) is 10.7. The highest BCUT2D eigenvalue weighted by atomic mass is 19.4. The Morgan fingerprint density at radius 2 is 1.80 bits per heavy atom. The van der Waals surface area contributed by atoms with Gasteiger partial charge in [-0.2, -0.15) is 13.2 Å². The van der Waals surface area contributed by atoms with Crippen LogP contribution in [0.3, 0.4) is 0 Å². The Kier molecular flexibility index (Phi) is 6.83. The summed E-state index contributed by atoms with van der Waals surface area (Å²) in [5, 5.41) is 2.66. The van der Waals surface area contributed by atoms with Crippen molar-refractivity contribution >= 4 is 17.4 Å². The first-order chi connectivity index (χ1) is 16.1. The van der Waals surface area contributed by atoms with Gasteiger partial charge in [0, 0.05) is 47.2 Å². The molecule has 0 unspecified atom stereocenters. The molecule has 1 aliphatic heterocycles.